The summed E-state index contributed by atoms with van der Waals surface area (Å²) < 4.78 is 0. The van der Waals surface area contributed by atoms with Crippen LogP contribution in [-0.2, 0) is 6.54 Å². The zero-order valence-corrected chi connectivity index (χ0v) is 9.32. The van der Waals surface area contributed by atoms with Gasteiger partial charge in [-0.3, -0.25) is 4.90 Å². The molecule has 1 saturated heterocycles. The molecule has 1 aliphatic rings. The third-order valence-electron chi connectivity index (χ3n) is 3.23. The predicted octanol–water partition coefficient (Wildman–Crippen LogP) is 2.38. The van der Waals surface area contributed by atoms with Gasteiger partial charge in [-0.25, -0.2) is 0 Å². The number of hydrogen-bond acceptors (Lipinski definition) is 2. The summed E-state index contributed by atoms with van der Waals surface area (Å²) in [5, 5.41) is 10.2. The molecular formula is C13H19NO. The van der Waals surface area contributed by atoms with Crippen LogP contribution in [-0.4, -0.2) is 22.3 Å². The van der Waals surface area contributed by atoms with Crippen LogP contribution in [0.4, 0.5) is 0 Å². The molecule has 1 aromatic carbocycles. The van der Waals surface area contributed by atoms with Gasteiger partial charge < -0.3 is 5.11 Å². The van der Waals surface area contributed by atoms with Gasteiger partial charge in [0.25, 0.3) is 0 Å². The van der Waals surface area contributed by atoms with Crippen molar-refractivity contribution in [1.29, 1.82) is 0 Å². The van der Waals surface area contributed by atoms with Crippen molar-refractivity contribution in [3.63, 3.8) is 0 Å². The highest BCUT2D eigenvalue weighted by atomic mass is 16.3. The number of hydrogen-bond donors (Lipinski definition) is 1. The van der Waals surface area contributed by atoms with Gasteiger partial charge >= 0.3 is 0 Å². The van der Waals surface area contributed by atoms with Crippen LogP contribution in [0.15, 0.2) is 30.3 Å². The van der Waals surface area contributed by atoms with Crippen molar-refractivity contribution in [3.05, 3.63) is 35.9 Å². The molecule has 1 unspecified atom stereocenters. The highest BCUT2D eigenvalue weighted by molar-refractivity contribution is 5.14. The Morgan fingerprint density at radius 1 is 1.27 bits per heavy atom. The minimum atomic E-state index is -0.617. The summed E-state index contributed by atoms with van der Waals surface area (Å²) in [5.41, 5.74) is 0.661. The van der Waals surface area contributed by atoms with E-state index in [1.807, 2.05) is 25.1 Å². The summed E-state index contributed by atoms with van der Waals surface area (Å²) >= 11 is 0. The van der Waals surface area contributed by atoms with Gasteiger partial charge in [0.2, 0.25) is 0 Å². The Labute approximate surface area is 91.5 Å². The third-order valence-corrected chi connectivity index (χ3v) is 3.23. The SMILES string of the molecule is CC1(O)CCCCN1Cc1ccccc1. The number of benzene rings is 1. The molecule has 1 aromatic rings. The lowest BCUT2D eigenvalue weighted by molar-refractivity contribution is -0.122. The number of rotatable bonds is 2. The lowest BCUT2D eigenvalue weighted by Crippen LogP contribution is -2.48. The zero-order valence-electron chi connectivity index (χ0n) is 9.32. The monoisotopic (exact) mass is 205 g/mol. The van der Waals surface area contributed by atoms with Gasteiger partial charge in [0.1, 0.15) is 5.72 Å². The molecule has 1 heterocycles. The van der Waals surface area contributed by atoms with Gasteiger partial charge in [-0.15, -0.1) is 0 Å². The lowest BCUT2D eigenvalue weighted by atomic mass is 9.99. The highest BCUT2D eigenvalue weighted by Crippen LogP contribution is 2.26. The first-order chi connectivity index (χ1) is 7.18. The third kappa shape index (κ3) is 2.58. The molecule has 0 spiro atoms. The van der Waals surface area contributed by atoms with Crippen LogP contribution >= 0.6 is 0 Å². The molecule has 15 heavy (non-hydrogen) atoms. The molecular weight excluding hydrogens is 186 g/mol. The summed E-state index contributed by atoms with van der Waals surface area (Å²) in [4.78, 5) is 2.17. The van der Waals surface area contributed by atoms with Crippen molar-refractivity contribution in [2.75, 3.05) is 6.54 Å². The lowest BCUT2D eigenvalue weighted by Gasteiger charge is -2.40. The summed E-state index contributed by atoms with van der Waals surface area (Å²) in [6, 6.07) is 10.4. The topological polar surface area (TPSA) is 23.5 Å². The Morgan fingerprint density at radius 3 is 2.67 bits per heavy atom. The average Bonchev–Trinajstić information content (AvgIpc) is 2.23. The van der Waals surface area contributed by atoms with Crippen molar-refractivity contribution >= 4 is 0 Å². The van der Waals surface area contributed by atoms with E-state index in [4.69, 9.17) is 0 Å². The summed E-state index contributed by atoms with van der Waals surface area (Å²) in [5.74, 6) is 0. The van der Waals surface area contributed by atoms with Crippen molar-refractivity contribution in [2.24, 2.45) is 0 Å². The second-order valence-corrected chi connectivity index (χ2v) is 4.58. The maximum atomic E-state index is 10.2. The average molecular weight is 205 g/mol. The molecule has 0 bridgehead atoms. The molecule has 1 aliphatic heterocycles. The molecule has 1 fully saturated rings. The first kappa shape index (κ1) is 10.7. The molecule has 2 rings (SSSR count). The fourth-order valence-corrected chi connectivity index (χ4v) is 2.21. The number of likely N-dealkylation sites (tertiary alicyclic amines) is 1. The quantitative estimate of drug-likeness (QED) is 0.801. The Kier molecular flexibility index (Phi) is 3.08. The Bertz CT molecular complexity index is 308. The van der Waals surface area contributed by atoms with Crippen LogP contribution in [0.2, 0.25) is 0 Å². The second-order valence-electron chi connectivity index (χ2n) is 4.58. The molecule has 0 saturated carbocycles. The molecule has 0 radical (unpaired) electrons. The normalized spacial score (nSPS) is 27.9. The van der Waals surface area contributed by atoms with Crippen molar-refractivity contribution < 1.29 is 5.11 Å². The maximum Gasteiger partial charge on any atom is 0.115 e. The Balaban J connectivity index is 2.05. The predicted molar refractivity (Wildman–Crippen MR) is 61.3 cm³/mol. The highest BCUT2D eigenvalue weighted by Gasteiger charge is 2.31. The molecule has 0 amide bonds. The molecule has 0 aromatic heterocycles. The van der Waals surface area contributed by atoms with Gasteiger partial charge in [0.05, 0.1) is 0 Å². The minimum Gasteiger partial charge on any atom is -0.376 e. The first-order valence-electron chi connectivity index (χ1n) is 5.70. The van der Waals surface area contributed by atoms with E-state index in [0.717, 1.165) is 25.9 Å². The van der Waals surface area contributed by atoms with Crippen LogP contribution in [0.1, 0.15) is 31.7 Å². The van der Waals surface area contributed by atoms with Gasteiger partial charge in [0.15, 0.2) is 0 Å². The fraction of sp³-hybridized carbons (Fsp3) is 0.538. The van der Waals surface area contributed by atoms with Crippen LogP contribution in [0.3, 0.4) is 0 Å². The van der Waals surface area contributed by atoms with Crippen molar-refractivity contribution in [3.8, 4) is 0 Å². The van der Waals surface area contributed by atoms with E-state index in [-0.39, 0.29) is 0 Å². The van der Waals surface area contributed by atoms with Crippen molar-refractivity contribution in [1.82, 2.24) is 4.90 Å². The van der Waals surface area contributed by atoms with Gasteiger partial charge in [-0.05, 0) is 31.7 Å². The van der Waals surface area contributed by atoms with E-state index in [1.54, 1.807) is 0 Å². The van der Waals surface area contributed by atoms with E-state index in [9.17, 15) is 5.11 Å². The summed E-state index contributed by atoms with van der Waals surface area (Å²) in [7, 11) is 0. The first-order valence-corrected chi connectivity index (χ1v) is 5.70. The Morgan fingerprint density at radius 2 is 2.00 bits per heavy atom. The summed E-state index contributed by atoms with van der Waals surface area (Å²) in [6.07, 6.45) is 3.22. The zero-order chi connectivity index (χ0) is 10.7. The van der Waals surface area contributed by atoms with E-state index in [0.29, 0.717) is 0 Å². The largest absolute Gasteiger partial charge is 0.376 e. The molecule has 1 N–H and O–H groups in total. The van der Waals surface area contributed by atoms with Crippen LogP contribution < -0.4 is 0 Å². The number of aliphatic hydroxyl groups is 1. The fourth-order valence-electron chi connectivity index (χ4n) is 2.21. The van der Waals surface area contributed by atoms with E-state index in [1.165, 1.54) is 12.0 Å². The molecule has 82 valence electrons. The van der Waals surface area contributed by atoms with Crippen LogP contribution in [0.5, 0.6) is 0 Å². The van der Waals surface area contributed by atoms with Gasteiger partial charge in [0, 0.05) is 13.1 Å². The van der Waals surface area contributed by atoms with Crippen LogP contribution in [0, 0.1) is 0 Å². The molecule has 0 aliphatic carbocycles. The van der Waals surface area contributed by atoms with E-state index in [2.05, 4.69) is 17.0 Å². The maximum absolute atomic E-state index is 10.2. The minimum absolute atomic E-state index is 0.617. The second kappa shape index (κ2) is 4.33. The standard InChI is InChI=1S/C13H19NO/c1-13(15)9-5-6-10-14(13)11-12-7-3-2-4-8-12/h2-4,7-8,15H,5-6,9-11H2,1H3. The Hall–Kier alpha value is -0.860. The molecule has 1 atom stereocenters. The number of piperidine rings is 1. The summed E-state index contributed by atoms with van der Waals surface area (Å²) in [6.45, 7) is 3.78. The number of nitrogens with zero attached hydrogens (tertiary/aromatic N) is 1. The van der Waals surface area contributed by atoms with Crippen molar-refractivity contribution in [2.45, 2.75) is 38.5 Å². The van der Waals surface area contributed by atoms with Crippen LogP contribution in [0.25, 0.3) is 0 Å². The van der Waals surface area contributed by atoms with Gasteiger partial charge in [-0.1, -0.05) is 30.3 Å². The van der Waals surface area contributed by atoms with Gasteiger partial charge in [-0.2, -0.15) is 0 Å². The molecule has 2 nitrogen and oxygen atoms in total. The molecule has 2 heteroatoms. The smallest absolute Gasteiger partial charge is 0.115 e. The van der Waals surface area contributed by atoms with E-state index >= 15 is 0 Å². The van der Waals surface area contributed by atoms with E-state index < -0.39 is 5.72 Å².